The van der Waals surface area contributed by atoms with Gasteiger partial charge in [0, 0.05) is 33.5 Å². The van der Waals surface area contributed by atoms with Crippen LogP contribution in [0.5, 0.6) is 0 Å². The van der Waals surface area contributed by atoms with Gasteiger partial charge in [0.05, 0.1) is 36.9 Å². The number of amides is 1. The van der Waals surface area contributed by atoms with E-state index in [1.165, 1.54) is 16.9 Å². The summed E-state index contributed by atoms with van der Waals surface area (Å²) in [7, 11) is -1.33. The highest BCUT2D eigenvalue weighted by atomic mass is 28.3. The van der Waals surface area contributed by atoms with Crippen LogP contribution in [-0.2, 0) is 33.7 Å². The first kappa shape index (κ1) is 36.9. The number of halogens is 5. The average Bonchev–Trinajstić information content (AvgIpc) is 3.66. The van der Waals surface area contributed by atoms with E-state index in [2.05, 4.69) is 29.8 Å². The van der Waals surface area contributed by atoms with Crippen LogP contribution < -0.4 is 0 Å². The summed E-state index contributed by atoms with van der Waals surface area (Å²) < 4.78 is 84.7. The SMILES string of the molecule is CCOC(=O)[C@H]1CC[C@H](n2ncc(C(=O)N(CC(=O)c3ccn(COCC[Si](C)(C)C)n3)Cc3cc(F)cc(F)c3)c2C(F)(F)F)CC1. The number of Topliss-reactive ketones (excluding diaryl/α,β-unsaturated/α-hetero) is 1. The van der Waals surface area contributed by atoms with Crippen LogP contribution in [-0.4, -0.2) is 70.0 Å². The maximum Gasteiger partial charge on any atom is 0.433 e. The van der Waals surface area contributed by atoms with Crippen LogP contribution in [0.2, 0.25) is 25.7 Å². The lowest BCUT2D eigenvalue weighted by molar-refractivity contribution is -0.151. The lowest BCUT2D eigenvalue weighted by Crippen LogP contribution is -2.37. The van der Waals surface area contributed by atoms with E-state index in [1.807, 2.05) is 0 Å². The van der Waals surface area contributed by atoms with Crippen molar-refractivity contribution in [1.29, 1.82) is 0 Å². The fraction of sp³-hybridized carbons (Fsp3) is 0.531. The molecular formula is C32H40F5N5O5Si. The van der Waals surface area contributed by atoms with Crippen LogP contribution in [0.1, 0.15) is 70.8 Å². The Morgan fingerprint density at radius 3 is 2.31 bits per heavy atom. The molecule has 2 heterocycles. The minimum Gasteiger partial charge on any atom is -0.466 e. The normalized spacial score (nSPS) is 16.9. The number of ketones is 1. The number of hydrogen-bond donors (Lipinski definition) is 0. The van der Waals surface area contributed by atoms with E-state index < -0.39 is 79.9 Å². The second-order valence-electron chi connectivity index (χ2n) is 13.1. The standard InChI is InChI=1S/C32H40F5N5O5Si/c1-5-47-31(45)22-6-8-25(9-7-22)42-29(32(35,36)37)26(17-38-42)30(44)40(18-21-14-23(33)16-24(34)15-21)19-28(43)27-10-11-41(39-27)20-46-12-13-48(2,3)4/h10-11,14-17,22,25H,5-9,12-13,18-20H2,1-4H3/t22-,25-. The number of benzene rings is 1. The molecule has 10 nitrogen and oxygen atoms in total. The number of esters is 1. The molecule has 16 heteroatoms. The number of carbonyl (C=O) groups is 3. The zero-order valence-electron chi connectivity index (χ0n) is 27.4. The minimum absolute atomic E-state index is 0.0683. The minimum atomic E-state index is -5.02. The Morgan fingerprint density at radius 2 is 1.71 bits per heavy atom. The summed E-state index contributed by atoms with van der Waals surface area (Å²) >= 11 is 0. The molecule has 0 saturated heterocycles. The number of hydrogen-bond acceptors (Lipinski definition) is 7. The third-order valence-electron chi connectivity index (χ3n) is 8.02. The first-order chi connectivity index (χ1) is 22.6. The molecule has 48 heavy (non-hydrogen) atoms. The second kappa shape index (κ2) is 15.5. The highest BCUT2D eigenvalue weighted by Crippen LogP contribution is 2.39. The Balaban J connectivity index is 1.58. The highest BCUT2D eigenvalue weighted by molar-refractivity contribution is 6.76. The summed E-state index contributed by atoms with van der Waals surface area (Å²) in [5.74, 6) is -4.68. The van der Waals surface area contributed by atoms with Crippen molar-refractivity contribution < 1.29 is 45.8 Å². The predicted octanol–water partition coefficient (Wildman–Crippen LogP) is 6.51. The molecule has 1 aromatic carbocycles. The van der Waals surface area contributed by atoms with Gasteiger partial charge in [0.1, 0.15) is 24.1 Å². The van der Waals surface area contributed by atoms with Gasteiger partial charge in [0.25, 0.3) is 5.91 Å². The average molecular weight is 698 g/mol. The van der Waals surface area contributed by atoms with Gasteiger partial charge >= 0.3 is 12.1 Å². The molecule has 1 aliphatic rings. The molecule has 0 aliphatic heterocycles. The van der Waals surface area contributed by atoms with Gasteiger partial charge in [0.2, 0.25) is 5.78 Å². The van der Waals surface area contributed by atoms with Gasteiger partial charge in [-0.05, 0) is 62.4 Å². The third-order valence-corrected chi connectivity index (χ3v) is 9.72. The number of ether oxygens (including phenoxy) is 2. The van der Waals surface area contributed by atoms with E-state index in [9.17, 15) is 36.3 Å². The van der Waals surface area contributed by atoms with Gasteiger partial charge in [-0.1, -0.05) is 19.6 Å². The molecule has 0 unspecified atom stereocenters. The van der Waals surface area contributed by atoms with Gasteiger partial charge in [-0.25, -0.2) is 13.5 Å². The Morgan fingerprint density at radius 1 is 1.04 bits per heavy atom. The quantitative estimate of drug-likeness (QED) is 0.0622. The van der Waals surface area contributed by atoms with Crippen LogP contribution in [0, 0.1) is 17.6 Å². The maximum absolute atomic E-state index is 14.6. The highest BCUT2D eigenvalue weighted by Gasteiger charge is 2.43. The molecule has 1 fully saturated rings. The first-order valence-corrected chi connectivity index (χ1v) is 19.5. The van der Waals surface area contributed by atoms with Crippen molar-refractivity contribution >= 4 is 25.7 Å². The van der Waals surface area contributed by atoms with Gasteiger partial charge in [0.15, 0.2) is 5.69 Å². The number of rotatable bonds is 14. The lowest BCUT2D eigenvalue weighted by Gasteiger charge is -2.29. The summed E-state index contributed by atoms with van der Waals surface area (Å²) in [4.78, 5) is 40.1. The van der Waals surface area contributed by atoms with Gasteiger partial charge < -0.3 is 14.4 Å². The first-order valence-electron chi connectivity index (χ1n) is 15.8. The van der Waals surface area contributed by atoms with Crippen molar-refractivity contribution in [3.05, 3.63) is 70.8 Å². The zero-order valence-corrected chi connectivity index (χ0v) is 28.4. The molecule has 1 saturated carbocycles. The van der Waals surface area contributed by atoms with Crippen LogP contribution in [0.25, 0.3) is 0 Å². The fourth-order valence-electron chi connectivity index (χ4n) is 5.56. The third kappa shape index (κ3) is 9.81. The van der Waals surface area contributed by atoms with E-state index >= 15 is 0 Å². The zero-order chi connectivity index (χ0) is 35.2. The molecule has 0 N–H and O–H groups in total. The van der Waals surface area contributed by atoms with Crippen molar-refractivity contribution in [1.82, 2.24) is 24.5 Å². The number of alkyl halides is 3. The van der Waals surface area contributed by atoms with E-state index in [4.69, 9.17) is 9.47 Å². The molecule has 262 valence electrons. The summed E-state index contributed by atoms with van der Waals surface area (Å²) in [5.41, 5.74) is -2.28. The summed E-state index contributed by atoms with van der Waals surface area (Å²) in [6, 6.07) is 4.02. The summed E-state index contributed by atoms with van der Waals surface area (Å²) in [6.45, 7) is 7.73. The molecule has 0 radical (unpaired) electrons. The molecule has 4 rings (SSSR count). The molecule has 3 aromatic rings. The second-order valence-corrected chi connectivity index (χ2v) is 18.7. The van der Waals surface area contributed by atoms with E-state index in [-0.39, 0.29) is 50.3 Å². The van der Waals surface area contributed by atoms with Crippen LogP contribution >= 0.6 is 0 Å². The fourth-order valence-corrected chi connectivity index (χ4v) is 6.32. The molecule has 1 amide bonds. The number of carbonyl (C=O) groups excluding carboxylic acids is 3. The van der Waals surface area contributed by atoms with Gasteiger partial charge in [-0.2, -0.15) is 23.4 Å². The van der Waals surface area contributed by atoms with Crippen molar-refractivity contribution in [2.24, 2.45) is 5.92 Å². The Kier molecular flexibility index (Phi) is 11.9. The number of aromatic nitrogens is 4. The maximum atomic E-state index is 14.6. The smallest absolute Gasteiger partial charge is 0.433 e. The van der Waals surface area contributed by atoms with Gasteiger partial charge in [-0.15, -0.1) is 0 Å². The van der Waals surface area contributed by atoms with Crippen LogP contribution in [0.15, 0.2) is 36.7 Å². The molecule has 0 spiro atoms. The van der Waals surface area contributed by atoms with Crippen molar-refractivity contribution in [3.63, 3.8) is 0 Å². The molecular weight excluding hydrogens is 657 g/mol. The van der Waals surface area contributed by atoms with Crippen molar-refractivity contribution in [3.8, 4) is 0 Å². The molecule has 2 aromatic heterocycles. The Labute approximate surface area is 276 Å². The summed E-state index contributed by atoms with van der Waals surface area (Å²) in [5, 5.41) is 8.13. The Hall–Kier alpha value is -3.92. The van der Waals surface area contributed by atoms with Crippen molar-refractivity contribution in [2.45, 2.75) is 83.8 Å². The lowest BCUT2D eigenvalue weighted by atomic mass is 9.86. The van der Waals surface area contributed by atoms with E-state index in [0.717, 1.165) is 34.0 Å². The van der Waals surface area contributed by atoms with Crippen LogP contribution in [0.3, 0.4) is 0 Å². The molecule has 1 aliphatic carbocycles. The Bertz CT molecular complexity index is 1570. The molecule has 0 atom stereocenters. The van der Waals surface area contributed by atoms with E-state index in [1.54, 1.807) is 6.92 Å². The van der Waals surface area contributed by atoms with Crippen LogP contribution in [0.4, 0.5) is 22.0 Å². The van der Waals surface area contributed by atoms with E-state index in [0.29, 0.717) is 12.7 Å². The molecule has 0 bridgehead atoms. The van der Waals surface area contributed by atoms with Crippen molar-refractivity contribution in [2.75, 3.05) is 19.8 Å². The monoisotopic (exact) mass is 697 g/mol. The summed E-state index contributed by atoms with van der Waals surface area (Å²) in [6.07, 6.45) is -1.78. The largest absolute Gasteiger partial charge is 0.466 e. The topological polar surface area (TPSA) is 109 Å². The van der Waals surface area contributed by atoms with Gasteiger partial charge in [-0.3, -0.25) is 19.1 Å². The predicted molar refractivity (Wildman–Crippen MR) is 167 cm³/mol. The number of nitrogens with zero attached hydrogens (tertiary/aromatic N) is 5.